The van der Waals surface area contributed by atoms with E-state index in [1.165, 1.54) is 23.2 Å². The van der Waals surface area contributed by atoms with E-state index in [4.69, 9.17) is 16.2 Å². The van der Waals surface area contributed by atoms with Gasteiger partial charge in [-0.15, -0.1) is 0 Å². The highest BCUT2D eigenvalue weighted by Crippen LogP contribution is 2.14. The molecule has 0 aliphatic rings. The average molecular weight is 393 g/mol. The van der Waals surface area contributed by atoms with Crippen molar-refractivity contribution in [1.82, 2.24) is 19.4 Å². The number of nitrogens with zero attached hydrogens (tertiary/aromatic N) is 3. The van der Waals surface area contributed by atoms with E-state index >= 15 is 0 Å². The SMILES string of the molecule is CN/C=C(\C=N)c1cc(F)c(=N)n(C(=N)[C@@H](C)n2ccc3ncccc3c2=O)c1. The minimum Gasteiger partial charge on any atom is -0.393 e. The predicted octanol–water partition coefficient (Wildman–Crippen LogP) is 2.11. The maximum atomic E-state index is 14.4. The molecule has 0 spiro atoms. The van der Waals surface area contributed by atoms with Crippen molar-refractivity contribution < 1.29 is 4.39 Å². The second-order valence-electron chi connectivity index (χ2n) is 6.35. The number of allylic oxidation sites excluding steroid dienone is 1. The maximum Gasteiger partial charge on any atom is 0.260 e. The van der Waals surface area contributed by atoms with Gasteiger partial charge in [0.1, 0.15) is 5.84 Å². The molecular formula is C20H20FN7O. The molecule has 3 aromatic rings. The van der Waals surface area contributed by atoms with E-state index in [2.05, 4.69) is 10.3 Å². The lowest BCUT2D eigenvalue weighted by Crippen LogP contribution is -2.37. The summed E-state index contributed by atoms with van der Waals surface area (Å²) in [7, 11) is 1.65. The lowest BCUT2D eigenvalue weighted by Gasteiger charge is -2.20. The van der Waals surface area contributed by atoms with Gasteiger partial charge in [0.15, 0.2) is 11.3 Å². The first-order valence-electron chi connectivity index (χ1n) is 8.78. The van der Waals surface area contributed by atoms with Crippen LogP contribution in [0.1, 0.15) is 18.5 Å². The Morgan fingerprint density at radius 2 is 2.14 bits per heavy atom. The Balaban J connectivity index is 2.11. The van der Waals surface area contributed by atoms with E-state index < -0.39 is 17.3 Å². The Hall–Kier alpha value is -3.88. The number of hydrogen-bond donors (Lipinski definition) is 4. The largest absolute Gasteiger partial charge is 0.393 e. The van der Waals surface area contributed by atoms with E-state index in [0.29, 0.717) is 22.0 Å². The van der Waals surface area contributed by atoms with Crippen LogP contribution in [0.2, 0.25) is 0 Å². The number of nitrogens with one attached hydrogen (secondary N) is 4. The number of hydrogen-bond acceptors (Lipinski definition) is 6. The van der Waals surface area contributed by atoms with E-state index in [0.717, 1.165) is 16.8 Å². The standard InChI is InChI=1S/C20H20FN7O/c1-12(27-7-5-17-15(20(27)29)4-3-6-26-17)18(23)28-11-13(8-16(21)19(28)24)14(9-22)10-25-2/h3-12,22-25H,1-2H3/b14-10+,22-9?,23-18?,24-19?/t12-/m1/s1. The summed E-state index contributed by atoms with van der Waals surface area (Å²) in [5.41, 5.74) is 0.424. The van der Waals surface area contributed by atoms with Gasteiger partial charge in [-0.1, -0.05) is 0 Å². The molecule has 148 valence electrons. The van der Waals surface area contributed by atoms with Crippen molar-refractivity contribution in [3.8, 4) is 0 Å². The average Bonchev–Trinajstić information content (AvgIpc) is 2.73. The van der Waals surface area contributed by atoms with Crippen LogP contribution in [0, 0.1) is 22.0 Å². The van der Waals surface area contributed by atoms with Gasteiger partial charge in [-0.05, 0) is 31.2 Å². The molecule has 8 nitrogen and oxygen atoms in total. The monoisotopic (exact) mass is 393 g/mol. The van der Waals surface area contributed by atoms with Gasteiger partial charge < -0.3 is 15.3 Å². The van der Waals surface area contributed by atoms with Gasteiger partial charge in [0, 0.05) is 49.2 Å². The van der Waals surface area contributed by atoms with E-state index in [9.17, 15) is 9.18 Å². The molecule has 3 heterocycles. The molecule has 0 aromatic carbocycles. The van der Waals surface area contributed by atoms with Crippen molar-refractivity contribution in [2.45, 2.75) is 13.0 Å². The first kappa shape index (κ1) is 19.9. The van der Waals surface area contributed by atoms with Crippen LogP contribution in [0.3, 0.4) is 0 Å². The zero-order chi connectivity index (χ0) is 21.1. The quantitative estimate of drug-likeness (QED) is 0.392. The van der Waals surface area contributed by atoms with Gasteiger partial charge >= 0.3 is 0 Å². The van der Waals surface area contributed by atoms with Crippen LogP contribution in [-0.4, -0.2) is 33.2 Å². The Labute approximate surface area is 165 Å². The summed E-state index contributed by atoms with van der Waals surface area (Å²) in [4.78, 5) is 17.0. The topological polar surface area (TPSA) is 123 Å². The summed E-state index contributed by atoms with van der Waals surface area (Å²) >= 11 is 0. The molecule has 0 saturated carbocycles. The third kappa shape index (κ3) is 3.62. The highest BCUT2D eigenvalue weighted by atomic mass is 19.1. The number of rotatable bonds is 5. The zero-order valence-corrected chi connectivity index (χ0v) is 15.9. The summed E-state index contributed by atoms with van der Waals surface area (Å²) in [6, 6.07) is 5.35. The van der Waals surface area contributed by atoms with Crippen LogP contribution in [-0.2, 0) is 0 Å². The summed E-state index contributed by atoms with van der Waals surface area (Å²) in [6.45, 7) is 1.63. The van der Waals surface area contributed by atoms with Crippen molar-refractivity contribution in [3.63, 3.8) is 0 Å². The van der Waals surface area contributed by atoms with E-state index in [-0.39, 0.29) is 11.4 Å². The van der Waals surface area contributed by atoms with Crippen LogP contribution < -0.4 is 16.4 Å². The van der Waals surface area contributed by atoms with Gasteiger partial charge in [0.05, 0.1) is 16.9 Å². The second kappa shape index (κ2) is 8.01. The van der Waals surface area contributed by atoms with E-state index in [1.54, 1.807) is 38.4 Å². The molecule has 0 unspecified atom stereocenters. The fourth-order valence-electron chi connectivity index (χ4n) is 3.00. The molecular weight excluding hydrogens is 373 g/mol. The van der Waals surface area contributed by atoms with Crippen molar-refractivity contribution in [2.24, 2.45) is 0 Å². The summed E-state index contributed by atoms with van der Waals surface area (Å²) in [6.07, 6.45) is 7.10. The molecule has 29 heavy (non-hydrogen) atoms. The third-order valence-electron chi connectivity index (χ3n) is 4.58. The number of fused-ring (bicyclic) bond motifs is 1. The van der Waals surface area contributed by atoms with Crippen LogP contribution in [0.4, 0.5) is 4.39 Å². The van der Waals surface area contributed by atoms with Gasteiger partial charge in [-0.3, -0.25) is 25.2 Å². The van der Waals surface area contributed by atoms with Gasteiger partial charge in [0.2, 0.25) is 0 Å². The number of halogens is 1. The van der Waals surface area contributed by atoms with Crippen LogP contribution >= 0.6 is 0 Å². The minimum atomic E-state index is -0.835. The molecule has 1 atom stereocenters. The van der Waals surface area contributed by atoms with Crippen molar-refractivity contribution >= 4 is 28.5 Å². The molecule has 0 radical (unpaired) electrons. The molecule has 3 rings (SSSR count). The molecule has 0 aliphatic heterocycles. The van der Waals surface area contributed by atoms with Crippen LogP contribution in [0.5, 0.6) is 0 Å². The third-order valence-corrected chi connectivity index (χ3v) is 4.58. The lowest BCUT2D eigenvalue weighted by molar-refractivity contribution is 0.580. The molecule has 0 fully saturated rings. The smallest absolute Gasteiger partial charge is 0.260 e. The summed E-state index contributed by atoms with van der Waals surface area (Å²) < 4.78 is 16.8. The fourth-order valence-corrected chi connectivity index (χ4v) is 3.00. The minimum absolute atomic E-state index is 0.158. The molecule has 0 amide bonds. The lowest BCUT2D eigenvalue weighted by atomic mass is 10.1. The molecule has 0 aliphatic carbocycles. The van der Waals surface area contributed by atoms with Crippen molar-refractivity contribution in [3.05, 3.63) is 76.3 Å². The normalized spacial score (nSPS) is 12.6. The Morgan fingerprint density at radius 1 is 1.38 bits per heavy atom. The van der Waals surface area contributed by atoms with Gasteiger partial charge in [0.25, 0.3) is 5.56 Å². The Morgan fingerprint density at radius 3 is 2.83 bits per heavy atom. The maximum absolute atomic E-state index is 14.4. The molecule has 3 aromatic heterocycles. The fraction of sp³-hybridized carbons (Fsp3) is 0.150. The second-order valence-corrected chi connectivity index (χ2v) is 6.35. The zero-order valence-electron chi connectivity index (χ0n) is 15.9. The molecule has 0 bridgehead atoms. The summed E-state index contributed by atoms with van der Waals surface area (Å²) in [5, 5.41) is 27.2. The predicted molar refractivity (Wildman–Crippen MR) is 110 cm³/mol. The van der Waals surface area contributed by atoms with Gasteiger partial charge in [-0.25, -0.2) is 4.39 Å². The highest BCUT2D eigenvalue weighted by molar-refractivity contribution is 6.08. The first-order valence-corrected chi connectivity index (χ1v) is 8.78. The molecule has 0 saturated heterocycles. The highest BCUT2D eigenvalue weighted by Gasteiger charge is 2.18. The molecule has 9 heteroatoms. The van der Waals surface area contributed by atoms with Gasteiger partial charge in [-0.2, -0.15) is 0 Å². The molecule has 4 N–H and O–H groups in total. The van der Waals surface area contributed by atoms with Crippen molar-refractivity contribution in [2.75, 3.05) is 7.05 Å². The van der Waals surface area contributed by atoms with Crippen LogP contribution in [0.15, 0.2) is 53.9 Å². The van der Waals surface area contributed by atoms with E-state index in [1.807, 2.05) is 0 Å². The number of pyridine rings is 3. The Bertz CT molecular complexity index is 1260. The summed E-state index contributed by atoms with van der Waals surface area (Å²) in [5.74, 6) is -0.992. The van der Waals surface area contributed by atoms with Crippen molar-refractivity contribution in [1.29, 1.82) is 16.2 Å². The number of aromatic nitrogens is 3. The first-order chi connectivity index (χ1) is 13.9. The van der Waals surface area contributed by atoms with Crippen LogP contribution in [0.25, 0.3) is 16.5 Å². The Kier molecular flexibility index (Phi) is 5.49.